The molecule has 1 aliphatic rings. The number of aliphatic hydroxyl groups is 4. The van der Waals surface area contributed by atoms with Gasteiger partial charge in [0.25, 0.3) is 0 Å². The van der Waals surface area contributed by atoms with Crippen molar-refractivity contribution in [3.63, 3.8) is 0 Å². The molecule has 11 heteroatoms. The number of ether oxygens (including phenoxy) is 1. The number of aliphatic hydroxyl groups excluding tert-OH is 4. The summed E-state index contributed by atoms with van der Waals surface area (Å²) in [5.41, 5.74) is 0. The molecule has 0 aromatic carbocycles. The molecule has 19 heavy (non-hydrogen) atoms. The fraction of sp³-hybridized carbons (Fsp3) is 0.750. The summed E-state index contributed by atoms with van der Waals surface area (Å²) in [7, 11) is -4.76. The van der Waals surface area contributed by atoms with Gasteiger partial charge >= 0.3 is 7.82 Å². The van der Waals surface area contributed by atoms with Crippen molar-refractivity contribution in [2.45, 2.75) is 30.6 Å². The minimum absolute atomic E-state index is 0.552. The van der Waals surface area contributed by atoms with Gasteiger partial charge in [0.1, 0.15) is 24.4 Å². The van der Waals surface area contributed by atoms with E-state index in [1.165, 1.54) is 0 Å². The molecule has 1 rings (SSSR count). The Labute approximate surface area is 108 Å². The van der Waals surface area contributed by atoms with Crippen LogP contribution in [0.25, 0.3) is 0 Å². The molecule has 0 aromatic heterocycles. The van der Waals surface area contributed by atoms with Gasteiger partial charge in [-0.1, -0.05) is 0 Å². The lowest BCUT2D eigenvalue weighted by Crippen LogP contribution is -2.63. The Balaban J connectivity index is 2.66. The summed E-state index contributed by atoms with van der Waals surface area (Å²) in [5, 5.41) is 40.0. The number of phosphoric acid groups is 1. The van der Waals surface area contributed by atoms with Crippen LogP contribution in [-0.4, -0.2) is 67.5 Å². The van der Waals surface area contributed by atoms with Gasteiger partial charge in [-0.05, 0) is 6.58 Å². The van der Waals surface area contributed by atoms with Crippen LogP contribution in [0.1, 0.15) is 0 Å². The van der Waals surface area contributed by atoms with Crippen molar-refractivity contribution in [3.05, 3.63) is 12.5 Å². The van der Waals surface area contributed by atoms with Crippen LogP contribution in [0.15, 0.2) is 12.5 Å². The van der Waals surface area contributed by atoms with Gasteiger partial charge in [0.05, 0.1) is 6.61 Å². The molecule has 5 unspecified atom stereocenters. The van der Waals surface area contributed by atoms with Crippen molar-refractivity contribution in [2.24, 2.45) is 0 Å². The zero-order chi connectivity index (χ0) is 14.8. The zero-order valence-corrected chi connectivity index (χ0v) is 10.6. The molecule has 0 radical (unpaired) electrons. The van der Waals surface area contributed by atoms with Gasteiger partial charge in [0.2, 0.25) is 0 Å². The van der Waals surface area contributed by atoms with Crippen molar-refractivity contribution in [2.75, 3.05) is 6.61 Å². The van der Waals surface area contributed by atoms with Crippen LogP contribution in [0.2, 0.25) is 0 Å². The van der Waals surface area contributed by atoms with Crippen molar-refractivity contribution in [3.8, 4) is 0 Å². The Bertz CT molecular complexity index is 371. The average molecular weight is 301 g/mol. The first-order valence-corrected chi connectivity index (χ1v) is 6.69. The molecule has 0 spiro atoms. The monoisotopic (exact) mass is 301 g/mol. The van der Waals surface area contributed by atoms with Gasteiger partial charge in [-0.2, -0.15) is 0 Å². The number of hydrogen-bond donors (Lipinski definition) is 7. The van der Waals surface area contributed by atoms with Crippen LogP contribution in [-0.2, 0) is 13.8 Å². The minimum Gasteiger partial charge on any atom is -0.495 e. The number of hydrogen-bond acceptors (Lipinski definition) is 8. The number of rotatable bonds is 5. The second-order valence-corrected chi connectivity index (χ2v) is 5.19. The van der Waals surface area contributed by atoms with E-state index >= 15 is 0 Å². The van der Waals surface area contributed by atoms with E-state index in [1.807, 2.05) is 0 Å². The van der Waals surface area contributed by atoms with Crippen LogP contribution < -0.4 is 5.32 Å². The van der Waals surface area contributed by atoms with Gasteiger partial charge in [0.15, 0.2) is 12.2 Å². The van der Waals surface area contributed by atoms with Crippen LogP contribution in [0, 0.1) is 0 Å². The van der Waals surface area contributed by atoms with E-state index in [1.54, 1.807) is 0 Å². The first kappa shape index (κ1) is 16.3. The van der Waals surface area contributed by atoms with Crippen LogP contribution in [0.4, 0.5) is 0 Å². The molecule has 0 saturated carbocycles. The Hall–Kier alpha value is -0.710. The van der Waals surface area contributed by atoms with Crippen LogP contribution in [0.3, 0.4) is 0 Å². The highest BCUT2D eigenvalue weighted by Gasteiger charge is 2.44. The molecule has 0 amide bonds. The maximum atomic E-state index is 10.5. The lowest BCUT2D eigenvalue weighted by Gasteiger charge is -2.40. The van der Waals surface area contributed by atoms with Gasteiger partial charge in [-0.25, -0.2) is 4.57 Å². The van der Waals surface area contributed by atoms with Gasteiger partial charge in [-0.15, -0.1) is 0 Å². The summed E-state index contributed by atoms with van der Waals surface area (Å²) in [6, 6.07) is -1.25. The van der Waals surface area contributed by atoms with Crippen molar-refractivity contribution in [1.29, 1.82) is 0 Å². The third-order valence-corrected chi connectivity index (χ3v) is 2.95. The molecule has 0 aromatic rings. The standard InChI is InChI=1S/C8H16NO9P/c1-3(10)9-5-7(12)6(11)4(18-8(5)13)2-17-19(14,15)16/h4-13H,1-2H2,(H2,14,15,16). The third kappa shape index (κ3) is 4.71. The molecular formula is C8H16NO9P. The number of phosphoric ester groups is 1. The Kier molecular flexibility index (Phi) is 5.30. The second kappa shape index (κ2) is 6.16. The fourth-order valence-corrected chi connectivity index (χ4v) is 1.94. The Morgan fingerprint density at radius 3 is 2.37 bits per heavy atom. The maximum Gasteiger partial charge on any atom is 0.469 e. The second-order valence-electron chi connectivity index (χ2n) is 3.95. The lowest BCUT2D eigenvalue weighted by atomic mass is 9.97. The van der Waals surface area contributed by atoms with Gasteiger partial charge in [0, 0.05) is 0 Å². The van der Waals surface area contributed by atoms with E-state index in [-0.39, 0.29) is 0 Å². The summed E-state index contributed by atoms with van der Waals surface area (Å²) >= 11 is 0. The van der Waals surface area contributed by atoms with E-state index in [9.17, 15) is 19.9 Å². The maximum absolute atomic E-state index is 10.5. The summed E-state index contributed by atoms with van der Waals surface area (Å²) in [5.74, 6) is -0.552. The van der Waals surface area contributed by atoms with E-state index < -0.39 is 51.0 Å². The summed E-state index contributed by atoms with van der Waals surface area (Å²) in [4.78, 5) is 17.0. The Morgan fingerprint density at radius 1 is 1.32 bits per heavy atom. The zero-order valence-electron chi connectivity index (χ0n) is 9.66. The van der Waals surface area contributed by atoms with E-state index in [0.29, 0.717) is 0 Å². The first-order valence-electron chi connectivity index (χ1n) is 5.16. The predicted molar refractivity (Wildman–Crippen MR) is 59.6 cm³/mol. The summed E-state index contributed by atoms with van der Waals surface area (Å²) < 4.78 is 19.5. The van der Waals surface area contributed by atoms with E-state index in [0.717, 1.165) is 0 Å². The van der Waals surface area contributed by atoms with Crippen LogP contribution >= 0.6 is 7.82 Å². The highest BCUT2D eigenvalue weighted by Crippen LogP contribution is 2.36. The summed E-state index contributed by atoms with van der Waals surface area (Å²) in [6.07, 6.45) is -6.15. The first-order chi connectivity index (χ1) is 8.61. The normalized spacial score (nSPS) is 35.9. The molecular weight excluding hydrogens is 285 g/mol. The molecule has 1 saturated heterocycles. The molecule has 1 aliphatic heterocycles. The molecule has 7 N–H and O–H groups in total. The average Bonchev–Trinajstić information content (AvgIpc) is 2.26. The minimum atomic E-state index is -4.76. The van der Waals surface area contributed by atoms with Crippen molar-refractivity contribution >= 4 is 7.82 Å². The lowest BCUT2D eigenvalue weighted by molar-refractivity contribution is -0.253. The molecule has 1 heterocycles. The summed E-state index contributed by atoms with van der Waals surface area (Å²) in [6.45, 7) is 2.36. The molecule has 10 nitrogen and oxygen atoms in total. The van der Waals surface area contributed by atoms with E-state index in [2.05, 4.69) is 16.4 Å². The largest absolute Gasteiger partial charge is 0.495 e. The molecule has 1 fully saturated rings. The molecule has 0 bridgehead atoms. The smallest absolute Gasteiger partial charge is 0.469 e. The molecule has 112 valence electrons. The highest BCUT2D eigenvalue weighted by molar-refractivity contribution is 7.46. The Morgan fingerprint density at radius 2 is 1.89 bits per heavy atom. The molecule has 5 atom stereocenters. The van der Waals surface area contributed by atoms with Crippen molar-refractivity contribution < 1.29 is 44.0 Å². The highest BCUT2D eigenvalue weighted by atomic mass is 31.2. The predicted octanol–water partition coefficient (Wildman–Crippen LogP) is -2.48. The quantitative estimate of drug-likeness (QED) is 0.213. The van der Waals surface area contributed by atoms with Gasteiger partial charge in [-0.3, -0.25) is 4.52 Å². The van der Waals surface area contributed by atoms with Crippen molar-refractivity contribution in [1.82, 2.24) is 5.32 Å². The van der Waals surface area contributed by atoms with Gasteiger partial charge < -0.3 is 40.3 Å². The van der Waals surface area contributed by atoms with E-state index in [4.69, 9.17) is 19.6 Å². The third-order valence-electron chi connectivity index (χ3n) is 2.46. The molecule has 0 aliphatic carbocycles. The fourth-order valence-electron chi connectivity index (χ4n) is 1.60. The topological polar surface area (TPSA) is 169 Å². The van der Waals surface area contributed by atoms with Crippen LogP contribution in [0.5, 0.6) is 0 Å². The SMILES string of the molecule is C=C(O)NC1C(O)OC(COP(=O)(O)O)C(O)C1O. The number of nitrogens with one attached hydrogen (secondary N) is 1.